The van der Waals surface area contributed by atoms with Crippen LogP contribution in [0.3, 0.4) is 0 Å². The molecule has 0 saturated carbocycles. The van der Waals surface area contributed by atoms with Crippen molar-refractivity contribution in [3.05, 3.63) is 18.2 Å². The molecule has 7 heteroatoms. The molecule has 1 aromatic heterocycles. The van der Waals surface area contributed by atoms with Crippen LogP contribution in [-0.4, -0.2) is 40.0 Å². The Morgan fingerprint density at radius 1 is 1.45 bits per heavy atom. The van der Waals surface area contributed by atoms with Crippen LogP contribution >= 0.6 is 0 Å². The number of ether oxygens (including phenoxy) is 2. The Morgan fingerprint density at radius 3 is 3.00 bits per heavy atom. The highest BCUT2D eigenvalue weighted by atomic mass is 16.5. The fourth-order valence-corrected chi connectivity index (χ4v) is 2.58. The van der Waals surface area contributed by atoms with Gasteiger partial charge >= 0.3 is 0 Å². The summed E-state index contributed by atoms with van der Waals surface area (Å²) in [5.41, 5.74) is 7.38. The van der Waals surface area contributed by atoms with Gasteiger partial charge in [0.25, 0.3) is 0 Å². The Kier molecular flexibility index (Phi) is 3.27. The predicted octanol–water partition coefficient (Wildman–Crippen LogP) is 1.28. The first kappa shape index (κ1) is 12.9. The lowest BCUT2D eigenvalue weighted by atomic mass is 10.1. The lowest BCUT2D eigenvalue weighted by molar-refractivity contribution is 0.105. The van der Waals surface area contributed by atoms with Crippen molar-refractivity contribution in [1.82, 2.24) is 20.2 Å². The molecule has 0 amide bonds. The number of anilines is 1. The van der Waals surface area contributed by atoms with Crippen LogP contribution in [0.4, 0.5) is 5.69 Å². The molecule has 1 saturated heterocycles. The summed E-state index contributed by atoms with van der Waals surface area (Å²) in [6.45, 7) is 2.74. The minimum atomic E-state index is 0.0770. The average molecular weight is 275 g/mol. The zero-order chi connectivity index (χ0) is 14.1. The minimum Gasteiger partial charge on any atom is -0.496 e. The van der Waals surface area contributed by atoms with E-state index in [9.17, 15) is 0 Å². The number of nitrogen functional groups attached to an aromatic ring is 1. The predicted molar refractivity (Wildman–Crippen MR) is 73.3 cm³/mol. The van der Waals surface area contributed by atoms with Gasteiger partial charge in [-0.05, 0) is 35.9 Å². The third-order valence-corrected chi connectivity index (χ3v) is 3.65. The first-order chi connectivity index (χ1) is 9.72. The molecule has 20 heavy (non-hydrogen) atoms. The maximum Gasteiger partial charge on any atom is 0.188 e. The van der Waals surface area contributed by atoms with E-state index in [-0.39, 0.29) is 12.1 Å². The average Bonchev–Trinajstić information content (AvgIpc) is 3.06. The number of nitrogens with two attached hydrogens (primary N) is 1. The molecule has 106 valence electrons. The quantitative estimate of drug-likeness (QED) is 0.849. The number of nitrogens with zero attached hydrogens (tertiary/aromatic N) is 4. The van der Waals surface area contributed by atoms with Gasteiger partial charge in [-0.3, -0.25) is 0 Å². The fourth-order valence-electron chi connectivity index (χ4n) is 2.58. The molecule has 3 rings (SSSR count). The van der Waals surface area contributed by atoms with Crippen LogP contribution in [0.15, 0.2) is 18.2 Å². The van der Waals surface area contributed by atoms with Gasteiger partial charge in [0, 0.05) is 12.3 Å². The van der Waals surface area contributed by atoms with Crippen molar-refractivity contribution in [2.75, 3.05) is 19.5 Å². The van der Waals surface area contributed by atoms with Crippen molar-refractivity contribution in [3.8, 4) is 17.1 Å². The molecule has 0 bridgehead atoms. The number of hydrogen-bond acceptors (Lipinski definition) is 6. The van der Waals surface area contributed by atoms with Crippen molar-refractivity contribution < 1.29 is 9.47 Å². The van der Waals surface area contributed by atoms with Crippen LogP contribution in [0.1, 0.15) is 19.4 Å². The molecule has 1 aromatic carbocycles. The first-order valence-corrected chi connectivity index (χ1v) is 6.54. The molecule has 0 aliphatic carbocycles. The van der Waals surface area contributed by atoms with Crippen molar-refractivity contribution >= 4 is 5.69 Å². The zero-order valence-corrected chi connectivity index (χ0v) is 11.5. The van der Waals surface area contributed by atoms with Gasteiger partial charge in [-0.1, -0.05) is 6.07 Å². The fraction of sp³-hybridized carbons (Fsp3) is 0.462. The first-order valence-electron chi connectivity index (χ1n) is 6.54. The summed E-state index contributed by atoms with van der Waals surface area (Å²) >= 11 is 0. The normalized spacial score (nSPS) is 22.1. The molecule has 1 fully saturated rings. The number of tetrazole rings is 1. The van der Waals surface area contributed by atoms with Crippen molar-refractivity contribution in [1.29, 1.82) is 0 Å². The summed E-state index contributed by atoms with van der Waals surface area (Å²) < 4.78 is 12.7. The Balaban J connectivity index is 2.10. The summed E-state index contributed by atoms with van der Waals surface area (Å²) in [5, 5.41) is 12.0. The molecular weight excluding hydrogens is 258 g/mol. The summed E-state index contributed by atoms with van der Waals surface area (Å²) in [4.78, 5) is 0. The molecule has 1 aliphatic rings. The maximum atomic E-state index is 6.07. The van der Waals surface area contributed by atoms with E-state index in [1.54, 1.807) is 11.8 Å². The Labute approximate surface area is 116 Å². The van der Waals surface area contributed by atoms with Gasteiger partial charge in [0.2, 0.25) is 0 Å². The second kappa shape index (κ2) is 5.09. The second-order valence-corrected chi connectivity index (χ2v) is 4.80. The Hall–Kier alpha value is -2.15. The van der Waals surface area contributed by atoms with E-state index in [1.165, 1.54) is 0 Å². The van der Waals surface area contributed by atoms with E-state index in [0.717, 1.165) is 12.0 Å². The lowest BCUT2D eigenvalue weighted by Crippen LogP contribution is -2.19. The number of rotatable bonds is 3. The molecule has 2 N–H and O–H groups in total. The second-order valence-electron chi connectivity index (χ2n) is 4.80. The third-order valence-electron chi connectivity index (χ3n) is 3.65. The standard InChI is InChI=1S/C13H17N5O2/c1-8-10(6-7-20-8)18-13(15-16-17-18)12-9(14)4-3-5-11(12)19-2/h3-5,8,10H,6-7,14H2,1-2H3. The number of methoxy groups -OCH3 is 1. The van der Waals surface area contributed by atoms with Crippen molar-refractivity contribution in [2.45, 2.75) is 25.5 Å². The maximum absolute atomic E-state index is 6.07. The van der Waals surface area contributed by atoms with Gasteiger partial charge in [-0.15, -0.1) is 5.10 Å². The lowest BCUT2D eigenvalue weighted by Gasteiger charge is -2.17. The molecule has 2 heterocycles. The highest BCUT2D eigenvalue weighted by Crippen LogP contribution is 2.36. The highest BCUT2D eigenvalue weighted by molar-refractivity contribution is 5.77. The molecule has 0 spiro atoms. The van der Waals surface area contributed by atoms with E-state index in [2.05, 4.69) is 15.5 Å². The summed E-state index contributed by atoms with van der Waals surface area (Å²) in [6, 6.07) is 5.61. The van der Waals surface area contributed by atoms with Crippen LogP contribution < -0.4 is 10.5 Å². The van der Waals surface area contributed by atoms with Gasteiger partial charge < -0.3 is 15.2 Å². The molecular formula is C13H17N5O2. The number of benzene rings is 1. The summed E-state index contributed by atoms with van der Waals surface area (Å²) in [7, 11) is 1.60. The van der Waals surface area contributed by atoms with Crippen molar-refractivity contribution in [3.63, 3.8) is 0 Å². The third kappa shape index (κ3) is 2.00. The van der Waals surface area contributed by atoms with Gasteiger partial charge in [-0.25, -0.2) is 4.68 Å². The monoisotopic (exact) mass is 275 g/mol. The molecule has 2 aromatic rings. The van der Waals surface area contributed by atoms with Crippen LogP contribution in [0.2, 0.25) is 0 Å². The largest absolute Gasteiger partial charge is 0.496 e. The van der Waals surface area contributed by atoms with Crippen LogP contribution in [0.25, 0.3) is 11.4 Å². The molecule has 2 unspecified atom stereocenters. The van der Waals surface area contributed by atoms with Gasteiger partial charge in [0.15, 0.2) is 5.82 Å². The SMILES string of the molecule is COc1cccc(N)c1-c1nnnn1C1CCOC1C. The van der Waals surface area contributed by atoms with E-state index in [0.29, 0.717) is 23.9 Å². The van der Waals surface area contributed by atoms with Crippen LogP contribution in [0.5, 0.6) is 5.75 Å². The zero-order valence-electron chi connectivity index (χ0n) is 11.5. The Morgan fingerprint density at radius 2 is 2.30 bits per heavy atom. The van der Waals surface area contributed by atoms with E-state index < -0.39 is 0 Å². The molecule has 0 radical (unpaired) electrons. The number of aromatic nitrogens is 4. The van der Waals surface area contributed by atoms with Gasteiger partial charge in [0.1, 0.15) is 5.75 Å². The Bertz CT molecular complexity index is 613. The molecule has 7 nitrogen and oxygen atoms in total. The highest BCUT2D eigenvalue weighted by Gasteiger charge is 2.30. The van der Waals surface area contributed by atoms with E-state index in [4.69, 9.17) is 15.2 Å². The van der Waals surface area contributed by atoms with E-state index in [1.807, 2.05) is 25.1 Å². The molecule has 2 atom stereocenters. The van der Waals surface area contributed by atoms with Gasteiger partial charge in [-0.2, -0.15) is 0 Å². The van der Waals surface area contributed by atoms with Crippen molar-refractivity contribution in [2.24, 2.45) is 0 Å². The molecule has 1 aliphatic heterocycles. The van der Waals surface area contributed by atoms with Crippen LogP contribution in [-0.2, 0) is 4.74 Å². The van der Waals surface area contributed by atoms with Crippen LogP contribution in [0, 0.1) is 0 Å². The number of hydrogen-bond donors (Lipinski definition) is 1. The van der Waals surface area contributed by atoms with E-state index >= 15 is 0 Å². The topological polar surface area (TPSA) is 88.1 Å². The minimum absolute atomic E-state index is 0.0770. The van der Waals surface area contributed by atoms with Gasteiger partial charge in [0.05, 0.1) is 24.8 Å². The summed E-state index contributed by atoms with van der Waals surface area (Å²) in [5.74, 6) is 1.27. The summed E-state index contributed by atoms with van der Waals surface area (Å²) in [6.07, 6.45) is 0.960. The smallest absolute Gasteiger partial charge is 0.188 e.